The number of para-hydroxylation sites is 1. The first kappa shape index (κ1) is 18.4. The number of fused-ring (bicyclic) bond motifs is 1. The first-order valence-electron chi connectivity index (χ1n) is 10.3. The molecule has 3 heterocycles. The molecule has 2 aromatic carbocycles. The van der Waals surface area contributed by atoms with Crippen LogP contribution in [0, 0.1) is 5.82 Å². The van der Waals surface area contributed by atoms with E-state index in [2.05, 4.69) is 11.0 Å². The Morgan fingerprint density at radius 1 is 0.931 bits per heavy atom. The molecule has 3 aliphatic rings. The van der Waals surface area contributed by atoms with Gasteiger partial charge in [-0.05, 0) is 31.4 Å². The van der Waals surface area contributed by atoms with Crippen molar-refractivity contribution in [2.24, 2.45) is 0 Å². The second-order valence-electron chi connectivity index (χ2n) is 8.22. The number of piperidine rings is 1. The van der Waals surface area contributed by atoms with E-state index in [9.17, 15) is 9.18 Å². The maximum absolute atomic E-state index is 14.2. The average molecular weight is 396 g/mol. The molecule has 0 radical (unpaired) electrons. The molecule has 29 heavy (non-hydrogen) atoms. The minimum Gasteiger partial charge on any atom is -0.454 e. The van der Waals surface area contributed by atoms with Gasteiger partial charge in [-0.3, -0.25) is 9.69 Å². The minimum atomic E-state index is -0.236. The summed E-state index contributed by atoms with van der Waals surface area (Å²) in [6, 6.07) is 12.8. The molecule has 5 nitrogen and oxygen atoms in total. The highest BCUT2D eigenvalue weighted by Crippen LogP contribution is 2.41. The lowest BCUT2D eigenvalue weighted by molar-refractivity contribution is -0.133. The summed E-state index contributed by atoms with van der Waals surface area (Å²) in [4.78, 5) is 17.0. The van der Waals surface area contributed by atoms with Gasteiger partial charge >= 0.3 is 0 Å². The molecule has 0 N–H and O–H groups in total. The van der Waals surface area contributed by atoms with Crippen molar-refractivity contribution in [1.29, 1.82) is 0 Å². The topological polar surface area (TPSA) is 42.0 Å². The van der Waals surface area contributed by atoms with Gasteiger partial charge in [0.25, 0.3) is 0 Å². The lowest BCUT2D eigenvalue weighted by atomic mass is 9.84. The molecular formula is C23H25FN2O3. The van der Waals surface area contributed by atoms with E-state index in [0.717, 1.165) is 56.0 Å². The van der Waals surface area contributed by atoms with Crippen LogP contribution in [0.5, 0.6) is 11.5 Å². The van der Waals surface area contributed by atoms with Gasteiger partial charge in [-0.25, -0.2) is 4.39 Å². The molecular weight excluding hydrogens is 371 g/mol. The third-order valence-corrected chi connectivity index (χ3v) is 6.62. The second kappa shape index (κ2) is 7.34. The fraction of sp³-hybridized carbons (Fsp3) is 0.435. The Balaban J connectivity index is 1.28. The molecule has 1 amide bonds. The average Bonchev–Trinajstić information content (AvgIpc) is 3.33. The summed E-state index contributed by atoms with van der Waals surface area (Å²) in [5.74, 6) is 1.58. The summed E-state index contributed by atoms with van der Waals surface area (Å²) in [5, 5.41) is 0. The number of nitrogens with zero attached hydrogens (tertiary/aromatic N) is 2. The van der Waals surface area contributed by atoms with Crippen LogP contribution in [-0.4, -0.2) is 41.1 Å². The van der Waals surface area contributed by atoms with Crippen LogP contribution in [-0.2, 0) is 17.9 Å². The number of carbonyl (C=O) groups excluding carboxylic acids is 1. The molecule has 0 aliphatic carbocycles. The van der Waals surface area contributed by atoms with Crippen LogP contribution in [0.1, 0.15) is 36.8 Å². The van der Waals surface area contributed by atoms with E-state index in [0.29, 0.717) is 18.5 Å². The number of likely N-dealkylation sites (tertiary alicyclic amines) is 2. The summed E-state index contributed by atoms with van der Waals surface area (Å²) in [6.45, 7) is 3.27. The lowest BCUT2D eigenvalue weighted by Crippen LogP contribution is -2.52. The van der Waals surface area contributed by atoms with Crippen molar-refractivity contribution in [3.05, 3.63) is 59.4 Å². The van der Waals surface area contributed by atoms with Crippen molar-refractivity contribution in [1.82, 2.24) is 9.80 Å². The van der Waals surface area contributed by atoms with Crippen molar-refractivity contribution in [3.8, 4) is 11.5 Å². The Bertz CT molecular complexity index is 924. The zero-order valence-corrected chi connectivity index (χ0v) is 16.4. The first-order chi connectivity index (χ1) is 14.1. The third kappa shape index (κ3) is 3.35. The zero-order chi connectivity index (χ0) is 19.8. The van der Waals surface area contributed by atoms with Crippen LogP contribution in [0.4, 0.5) is 4.39 Å². The molecule has 1 spiro atoms. The summed E-state index contributed by atoms with van der Waals surface area (Å²) >= 11 is 0. The highest BCUT2D eigenvalue weighted by molar-refractivity contribution is 5.79. The number of ether oxygens (including phenoxy) is 2. The number of benzene rings is 2. The van der Waals surface area contributed by atoms with E-state index in [-0.39, 0.29) is 24.1 Å². The van der Waals surface area contributed by atoms with E-state index in [4.69, 9.17) is 9.47 Å². The number of hydrogen-bond donors (Lipinski definition) is 0. The molecule has 0 aromatic heterocycles. The maximum atomic E-state index is 14.2. The van der Waals surface area contributed by atoms with Gasteiger partial charge in [0, 0.05) is 49.3 Å². The number of amides is 1. The van der Waals surface area contributed by atoms with E-state index in [1.54, 1.807) is 12.1 Å². The quantitative estimate of drug-likeness (QED) is 0.790. The smallest absolute Gasteiger partial charge is 0.231 e. The Morgan fingerprint density at radius 2 is 1.72 bits per heavy atom. The standard InChI is InChI=1S/C23H25FN2O3/c24-19-6-2-1-4-17(19)15-26-21(27)8-9-23(26)10-12-25(13-11-23)14-18-5-3-7-20-22(18)29-16-28-20/h1-7H,8-16H2. The van der Waals surface area contributed by atoms with Gasteiger partial charge in [-0.15, -0.1) is 0 Å². The van der Waals surface area contributed by atoms with E-state index >= 15 is 0 Å². The summed E-state index contributed by atoms with van der Waals surface area (Å²) in [6.07, 6.45) is 3.26. The number of halogens is 1. The molecule has 0 unspecified atom stereocenters. The van der Waals surface area contributed by atoms with Crippen molar-refractivity contribution in [3.63, 3.8) is 0 Å². The van der Waals surface area contributed by atoms with Crippen LogP contribution in [0.3, 0.4) is 0 Å². The Hall–Kier alpha value is -2.60. The highest BCUT2D eigenvalue weighted by Gasteiger charge is 2.46. The van der Waals surface area contributed by atoms with Crippen molar-refractivity contribution >= 4 is 5.91 Å². The molecule has 2 fully saturated rings. The number of rotatable bonds is 4. The molecule has 0 saturated carbocycles. The van der Waals surface area contributed by atoms with E-state index in [1.165, 1.54) is 6.07 Å². The minimum absolute atomic E-state index is 0.145. The van der Waals surface area contributed by atoms with Crippen LogP contribution in [0.2, 0.25) is 0 Å². The van der Waals surface area contributed by atoms with Gasteiger partial charge in [0.2, 0.25) is 12.7 Å². The first-order valence-corrected chi connectivity index (χ1v) is 10.3. The Kier molecular flexibility index (Phi) is 4.66. The number of carbonyl (C=O) groups is 1. The molecule has 0 bridgehead atoms. The fourth-order valence-electron chi connectivity index (χ4n) is 4.93. The molecule has 152 valence electrons. The predicted molar refractivity (Wildman–Crippen MR) is 106 cm³/mol. The molecule has 3 aliphatic heterocycles. The van der Waals surface area contributed by atoms with Gasteiger partial charge in [0.05, 0.1) is 0 Å². The summed E-state index contributed by atoms with van der Waals surface area (Å²) in [7, 11) is 0. The van der Waals surface area contributed by atoms with Crippen LogP contribution in [0.15, 0.2) is 42.5 Å². The van der Waals surface area contributed by atoms with Crippen LogP contribution < -0.4 is 9.47 Å². The number of hydrogen-bond acceptors (Lipinski definition) is 4. The van der Waals surface area contributed by atoms with Crippen molar-refractivity contribution in [2.75, 3.05) is 19.9 Å². The molecule has 6 heteroatoms. The SMILES string of the molecule is O=C1CCC2(CCN(Cc3cccc4c3OCO4)CC2)N1Cc1ccccc1F. The highest BCUT2D eigenvalue weighted by atomic mass is 19.1. The summed E-state index contributed by atoms with van der Waals surface area (Å²) in [5.41, 5.74) is 1.59. The van der Waals surface area contributed by atoms with Gasteiger partial charge < -0.3 is 14.4 Å². The van der Waals surface area contributed by atoms with Crippen LogP contribution in [0.25, 0.3) is 0 Å². The fourth-order valence-corrected chi connectivity index (χ4v) is 4.93. The van der Waals surface area contributed by atoms with Crippen molar-refractivity contribution in [2.45, 2.75) is 44.3 Å². The van der Waals surface area contributed by atoms with Gasteiger partial charge in [-0.2, -0.15) is 0 Å². The molecule has 2 aromatic rings. The largest absolute Gasteiger partial charge is 0.454 e. The van der Waals surface area contributed by atoms with Crippen molar-refractivity contribution < 1.29 is 18.7 Å². The molecule has 5 rings (SSSR count). The zero-order valence-electron chi connectivity index (χ0n) is 16.4. The van der Waals surface area contributed by atoms with E-state index < -0.39 is 0 Å². The molecule has 0 atom stereocenters. The third-order valence-electron chi connectivity index (χ3n) is 6.62. The molecule has 2 saturated heterocycles. The van der Waals surface area contributed by atoms with Gasteiger partial charge in [-0.1, -0.05) is 30.3 Å². The second-order valence-corrected chi connectivity index (χ2v) is 8.22. The van der Waals surface area contributed by atoms with Gasteiger partial charge in [0.1, 0.15) is 5.82 Å². The van der Waals surface area contributed by atoms with E-state index in [1.807, 2.05) is 23.1 Å². The normalized spacial score (nSPS) is 20.6. The predicted octanol–water partition coefficient (Wildman–Crippen LogP) is 3.71. The summed E-state index contributed by atoms with van der Waals surface area (Å²) < 4.78 is 25.3. The van der Waals surface area contributed by atoms with Gasteiger partial charge in [0.15, 0.2) is 11.5 Å². The maximum Gasteiger partial charge on any atom is 0.231 e. The monoisotopic (exact) mass is 396 g/mol. The Labute approximate surface area is 170 Å². The lowest BCUT2D eigenvalue weighted by Gasteiger charge is -2.45. The Morgan fingerprint density at radius 3 is 2.55 bits per heavy atom. The van der Waals surface area contributed by atoms with Crippen LogP contribution >= 0.6 is 0 Å².